The lowest BCUT2D eigenvalue weighted by molar-refractivity contribution is -0.141. The molecule has 1 heterocycles. The van der Waals surface area contributed by atoms with Gasteiger partial charge in [-0.3, -0.25) is 9.69 Å². The standard InChI is InChI=1S/C13H20ClNO3/c1-4-13(3,7-11(14)9(2)16)15-6-5-10(8-15)12(17)18/h7,10,16H,2,4-6,8H2,1,3H3,(H,17,18)/b11-7+/t10-,13?/m1/s1. The first-order chi connectivity index (χ1) is 8.30. The van der Waals surface area contributed by atoms with E-state index in [9.17, 15) is 9.90 Å². The van der Waals surface area contributed by atoms with Crippen LogP contribution in [0, 0.1) is 5.92 Å². The molecule has 1 rings (SSSR count). The fourth-order valence-electron chi connectivity index (χ4n) is 2.20. The number of rotatable bonds is 5. The zero-order valence-electron chi connectivity index (χ0n) is 10.8. The Kier molecular flexibility index (Phi) is 4.82. The largest absolute Gasteiger partial charge is 0.507 e. The van der Waals surface area contributed by atoms with Gasteiger partial charge in [-0.25, -0.2) is 0 Å². The number of halogens is 1. The highest BCUT2D eigenvalue weighted by Gasteiger charge is 2.37. The molecule has 1 aliphatic heterocycles. The van der Waals surface area contributed by atoms with Crippen LogP contribution in [0.4, 0.5) is 0 Å². The predicted molar refractivity (Wildman–Crippen MR) is 71.7 cm³/mol. The molecule has 18 heavy (non-hydrogen) atoms. The Morgan fingerprint density at radius 1 is 1.61 bits per heavy atom. The predicted octanol–water partition coefficient (Wildman–Crippen LogP) is 2.76. The van der Waals surface area contributed by atoms with Crippen molar-refractivity contribution >= 4 is 17.6 Å². The van der Waals surface area contributed by atoms with Crippen molar-refractivity contribution in [3.8, 4) is 0 Å². The third-order valence-electron chi connectivity index (χ3n) is 3.69. The molecule has 0 aromatic carbocycles. The maximum atomic E-state index is 11.0. The molecule has 1 aliphatic rings. The van der Waals surface area contributed by atoms with Gasteiger partial charge in [0.15, 0.2) is 0 Å². The van der Waals surface area contributed by atoms with Crippen LogP contribution in [-0.2, 0) is 4.79 Å². The van der Waals surface area contributed by atoms with Crippen LogP contribution in [0.25, 0.3) is 0 Å². The third-order valence-corrected chi connectivity index (χ3v) is 4.02. The normalized spacial score (nSPS) is 24.8. The second-order valence-electron chi connectivity index (χ2n) is 4.92. The van der Waals surface area contributed by atoms with E-state index in [0.29, 0.717) is 13.0 Å². The second kappa shape index (κ2) is 5.76. The number of carbonyl (C=O) groups is 1. The van der Waals surface area contributed by atoms with Crippen LogP contribution in [-0.4, -0.2) is 39.7 Å². The van der Waals surface area contributed by atoms with E-state index < -0.39 is 5.97 Å². The Balaban J connectivity index is 2.87. The van der Waals surface area contributed by atoms with Crippen molar-refractivity contribution in [3.63, 3.8) is 0 Å². The molecular weight excluding hydrogens is 254 g/mol. The Labute approximate surface area is 113 Å². The molecule has 1 fully saturated rings. The van der Waals surface area contributed by atoms with Crippen molar-refractivity contribution in [1.82, 2.24) is 4.90 Å². The van der Waals surface area contributed by atoms with Crippen LogP contribution in [0.5, 0.6) is 0 Å². The molecule has 102 valence electrons. The minimum atomic E-state index is -0.752. The summed E-state index contributed by atoms with van der Waals surface area (Å²) in [6.45, 7) is 8.62. The number of carboxylic acid groups (broad SMARTS) is 1. The van der Waals surface area contributed by atoms with Crippen molar-refractivity contribution in [1.29, 1.82) is 0 Å². The molecule has 0 aliphatic carbocycles. The lowest BCUT2D eigenvalue weighted by atomic mass is 9.95. The zero-order valence-corrected chi connectivity index (χ0v) is 11.6. The number of hydrogen-bond donors (Lipinski definition) is 2. The number of aliphatic hydroxyl groups excluding tert-OH is 1. The highest BCUT2D eigenvalue weighted by molar-refractivity contribution is 6.31. The molecule has 5 heteroatoms. The van der Waals surface area contributed by atoms with Gasteiger partial charge in [-0.2, -0.15) is 0 Å². The maximum absolute atomic E-state index is 11.0. The van der Waals surface area contributed by atoms with E-state index in [0.717, 1.165) is 13.0 Å². The zero-order chi connectivity index (χ0) is 13.9. The van der Waals surface area contributed by atoms with E-state index in [1.807, 2.05) is 13.8 Å². The molecule has 4 nitrogen and oxygen atoms in total. The topological polar surface area (TPSA) is 60.8 Å². The van der Waals surface area contributed by atoms with Crippen LogP contribution >= 0.6 is 11.6 Å². The number of allylic oxidation sites excluding steroid dienone is 1. The molecule has 0 saturated carbocycles. The molecule has 2 N–H and O–H groups in total. The molecule has 0 amide bonds. The molecule has 0 bridgehead atoms. The van der Waals surface area contributed by atoms with Crippen molar-refractivity contribution in [3.05, 3.63) is 23.4 Å². The highest BCUT2D eigenvalue weighted by atomic mass is 35.5. The summed E-state index contributed by atoms with van der Waals surface area (Å²) in [4.78, 5) is 13.1. The summed E-state index contributed by atoms with van der Waals surface area (Å²) in [5.41, 5.74) is -0.354. The monoisotopic (exact) mass is 273 g/mol. The summed E-state index contributed by atoms with van der Waals surface area (Å²) in [5.74, 6) is -1.23. The number of nitrogens with zero attached hydrogens (tertiary/aromatic N) is 1. The summed E-state index contributed by atoms with van der Waals surface area (Å²) in [5, 5.41) is 18.5. The van der Waals surface area contributed by atoms with Crippen LogP contribution in [0.15, 0.2) is 23.4 Å². The van der Waals surface area contributed by atoms with Gasteiger partial charge in [0.05, 0.1) is 11.0 Å². The smallest absolute Gasteiger partial charge is 0.307 e. The van der Waals surface area contributed by atoms with Gasteiger partial charge in [-0.1, -0.05) is 25.1 Å². The number of likely N-dealkylation sites (tertiary alicyclic amines) is 1. The van der Waals surface area contributed by atoms with Crippen molar-refractivity contribution < 1.29 is 15.0 Å². The lowest BCUT2D eigenvalue weighted by Gasteiger charge is -2.36. The number of aliphatic hydroxyl groups is 1. The second-order valence-corrected chi connectivity index (χ2v) is 5.33. The average molecular weight is 274 g/mol. The summed E-state index contributed by atoms with van der Waals surface area (Å²) < 4.78 is 0. The van der Waals surface area contributed by atoms with E-state index in [-0.39, 0.29) is 22.2 Å². The van der Waals surface area contributed by atoms with Gasteiger partial charge >= 0.3 is 5.97 Å². The quantitative estimate of drug-likeness (QED) is 0.597. The van der Waals surface area contributed by atoms with Crippen LogP contribution < -0.4 is 0 Å². The van der Waals surface area contributed by atoms with Crippen molar-refractivity contribution in [2.24, 2.45) is 5.92 Å². The Morgan fingerprint density at radius 3 is 2.61 bits per heavy atom. The average Bonchev–Trinajstić information content (AvgIpc) is 2.78. The highest BCUT2D eigenvalue weighted by Crippen LogP contribution is 2.31. The molecule has 0 aromatic heterocycles. The third kappa shape index (κ3) is 3.27. The SMILES string of the molecule is C=C(O)/C(Cl)=C\C(C)(CC)N1CC[C@@H](C(=O)O)C1. The maximum Gasteiger partial charge on any atom is 0.307 e. The molecule has 0 radical (unpaired) electrons. The number of hydrogen-bond acceptors (Lipinski definition) is 3. The van der Waals surface area contributed by atoms with Crippen LogP contribution in [0.2, 0.25) is 0 Å². The van der Waals surface area contributed by atoms with E-state index >= 15 is 0 Å². The van der Waals surface area contributed by atoms with Crippen molar-refractivity contribution in [2.45, 2.75) is 32.2 Å². The molecule has 0 spiro atoms. The molecular formula is C13H20ClNO3. The van der Waals surface area contributed by atoms with Gasteiger partial charge in [0.1, 0.15) is 5.76 Å². The molecule has 1 unspecified atom stereocenters. The summed E-state index contributed by atoms with van der Waals surface area (Å²) in [6, 6.07) is 0. The Hall–Kier alpha value is -1.00. The lowest BCUT2D eigenvalue weighted by Crippen LogP contribution is -2.43. The van der Waals surface area contributed by atoms with Crippen LogP contribution in [0.3, 0.4) is 0 Å². The van der Waals surface area contributed by atoms with Gasteiger partial charge in [0.2, 0.25) is 0 Å². The fourth-order valence-corrected chi connectivity index (χ4v) is 2.43. The van der Waals surface area contributed by atoms with Crippen molar-refractivity contribution in [2.75, 3.05) is 13.1 Å². The Bertz CT molecular complexity index is 380. The molecule has 0 aromatic rings. The van der Waals surface area contributed by atoms with Gasteiger partial charge in [-0.05, 0) is 32.4 Å². The molecule has 2 atom stereocenters. The van der Waals surface area contributed by atoms with Gasteiger partial charge < -0.3 is 10.2 Å². The number of carboxylic acids is 1. The van der Waals surface area contributed by atoms with E-state index in [1.54, 1.807) is 6.08 Å². The summed E-state index contributed by atoms with van der Waals surface area (Å²) >= 11 is 5.92. The van der Waals surface area contributed by atoms with E-state index in [1.165, 1.54) is 0 Å². The number of aliphatic carboxylic acids is 1. The molecule has 1 saturated heterocycles. The first-order valence-corrected chi connectivity index (χ1v) is 6.42. The fraction of sp³-hybridized carbons (Fsp3) is 0.615. The Morgan fingerprint density at radius 2 is 2.22 bits per heavy atom. The van der Waals surface area contributed by atoms with E-state index in [2.05, 4.69) is 11.5 Å². The van der Waals surface area contributed by atoms with Gasteiger partial charge in [-0.15, -0.1) is 0 Å². The van der Waals surface area contributed by atoms with E-state index in [4.69, 9.17) is 16.7 Å². The summed E-state index contributed by atoms with van der Waals surface area (Å²) in [6.07, 6.45) is 3.18. The van der Waals surface area contributed by atoms with Gasteiger partial charge in [0.25, 0.3) is 0 Å². The minimum Gasteiger partial charge on any atom is -0.507 e. The van der Waals surface area contributed by atoms with Crippen LogP contribution in [0.1, 0.15) is 26.7 Å². The first kappa shape index (κ1) is 15.1. The summed E-state index contributed by atoms with van der Waals surface area (Å²) in [7, 11) is 0. The van der Waals surface area contributed by atoms with Gasteiger partial charge in [0, 0.05) is 12.1 Å². The minimum absolute atomic E-state index is 0.162. The first-order valence-electron chi connectivity index (χ1n) is 6.04.